The highest BCUT2D eigenvalue weighted by molar-refractivity contribution is 5.95. The molecule has 0 bridgehead atoms. The van der Waals surface area contributed by atoms with E-state index >= 15 is 0 Å². The van der Waals surface area contributed by atoms with Crippen LogP contribution in [-0.2, 0) is 25.9 Å². The number of carbonyl (C=O) groups is 1. The van der Waals surface area contributed by atoms with Crippen molar-refractivity contribution in [1.82, 2.24) is 14.9 Å². The second kappa shape index (κ2) is 7.97. The van der Waals surface area contributed by atoms with Gasteiger partial charge in [0.1, 0.15) is 11.5 Å². The molecule has 144 valence electrons. The van der Waals surface area contributed by atoms with E-state index in [0.29, 0.717) is 18.8 Å². The fourth-order valence-electron chi connectivity index (χ4n) is 4.11. The number of carbonyl (C=O) groups excluding carboxylic acids is 1. The molecule has 1 aromatic carbocycles. The Hall–Kier alpha value is -2.95. The van der Waals surface area contributed by atoms with E-state index in [1.54, 1.807) is 18.3 Å². The van der Waals surface area contributed by atoms with Gasteiger partial charge in [0.05, 0.1) is 12.2 Å². The van der Waals surface area contributed by atoms with Crippen LogP contribution in [0.1, 0.15) is 51.4 Å². The van der Waals surface area contributed by atoms with E-state index in [1.807, 2.05) is 31.2 Å². The SMILES string of the molecule is Cc1c2c(n(Cc3cccc(F)c3)c1C(=O)NCc1ccccn1)CCCC2. The Morgan fingerprint density at radius 1 is 1.18 bits per heavy atom. The maximum atomic E-state index is 13.7. The van der Waals surface area contributed by atoms with Gasteiger partial charge in [0.2, 0.25) is 0 Å². The van der Waals surface area contributed by atoms with Crippen LogP contribution in [0.15, 0.2) is 48.7 Å². The summed E-state index contributed by atoms with van der Waals surface area (Å²) in [4.78, 5) is 17.4. The summed E-state index contributed by atoms with van der Waals surface area (Å²) in [5.74, 6) is -0.356. The summed E-state index contributed by atoms with van der Waals surface area (Å²) < 4.78 is 15.8. The van der Waals surface area contributed by atoms with Crippen LogP contribution in [0, 0.1) is 12.7 Å². The van der Waals surface area contributed by atoms with Gasteiger partial charge in [-0.1, -0.05) is 18.2 Å². The molecular weight excluding hydrogens is 353 g/mol. The van der Waals surface area contributed by atoms with Crippen molar-refractivity contribution in [2.75, 3.05) is 0 Å². The number of rotatable bonds is 5. The van der Waals surface area contributed by atoms with E-state index in [2.05, 4.69) is 14.9 Å². The number of hydrogen-bond acceptors (Lipinski definition) is 2. The zero-order chi connectivity index (χ0) is 19.5. The van der Waals surface area contributed by atoms with Crippen molar-refractivity contribution in [3.05, 3.63) is 88.3 Å². The van der Waals surface area contributed by atoms with Crippen LogP contribution in [0.3, 0.4) is 0 Å². The van der Waals surface area contributed by atoms with E-state index in [0.717, 1.165) is 42.5 Å². The number of halogens is 1. The monoisotopic (exact) mass is 377 g/mol. The first-order valence-corrected chi connectivity index (χ1v) is 9.77. The molecule has 2 aromatic heterocycles. The Labute approximate surface area is 164 Å². The Kier molecular flexibility index (Phi) is 5.24. The van der Waals surface area contributed by atoms with Crippen LogP contribution in [0.2, 0.25) is 0 Å². The number of aromatic nitrogens is 2. The van der Waals surface area contributed by atoms with Gasteiger partial charge in [0, 0.05) is 18.4 Å². The van der Waals surface area contributed by atoms with Crippen LogP contribution in [-0.4, -0.2) is 15.5 Å². The van der Waals surface area contributed by atoms with Crippen molar-refractivity contribution in [3.63, 3.8) is 0 Å². The molecule has 0 aliphatic heterocycles. The highest BCUT2D eigenvalue weighted by Crippen LogP contribution is 2.30. The van der Waals surface area contributed by atoms with Gasteiger partial charge in [-0.15, -0.1) is 0 Å². The Balaban J connectivity index is 1.67. The lowest BCUT2D eigenvalue weighted by molar-refractivity contribution is 0.0940. The number of benzene rings is 1. The summed E-state index contributed by atoms with van der Waals surface area (Å²) in [6.45, 7) is 2.91. The van der Waals surface area contributed by atoms with E-state index in [4.69, 9.17) is 0 Å². The van der Waals surface area contributed by atoms with Crippen LogP contribution in [0.5, 0.6) is 0 Å². The third-order valence-electron chi connectivity index (χ3n) is 5.44. The van der Waals surface area contributed by atoms with Crippen molar-refractivity contribution in [3.8, 4) is 0 Å². The molecule has 2 heterocycles. The topological polar surface area (TPSA) is 46.9 Å². The lowest BCUT2D eigenvalue weighted by Crippen LogP contribution is -2.27. The molecule has 1 N–H and O–H groups in total. The first-order valence-electron chi connectivity index (χ1n) is 9.77. The average Bonchev–Trinajstić information content (AvgIpc) is 2.99. The molecule has 28 heavy (non-hydrogen) atoms. The largest absolute Gasteiger partial charge is 0.345 e. The second-order valence-corrected chi connectivity index (χ2v) is 7.33. The molecule has 4 rings (SSSR count). The summed E-state index contributed by atoms with van der Waals surface area (Å²) in [6.07, 6.45) is 5.94. The fourth-order valence-corrected chi connectivity index (χ4v) is 4.11. The van der Waals surface area contributed by atoms with Gasteiger partial charge in [0.15, 0.2) is 0 Å². The Morgan fingerprint density at radius 2 is 2.04 bits per heavy atom. The van der Waals surface area contributed by atoms with Crippen LogP contribution in [0.25, 0.3) is 0 Å². The summed E-state index contributed by atoms with van der Waals surface area (Å²) >= 11 is 0. The first-order chi connectivity index (χ1) is 13.6. The predicted octanol–water partition coefficient (Wildman–Crippen LogP) is 4.19. The van der Waals surface area contributed by atoms with Crippen LogP contribution in [0.4, 0.5) is 4.39 Å². The smallest absolute Gasteiger partial charge is 0.268 e. The van der Waals surface area contributed by atoms with Crippen molar-refractivity contribution in [1.29, 1.82) is 0 Å². The molecule has 0 saturated heterocycles. The van der Waals surface area contributed by atoms with Crippen molar-refractivity contribution >= 4 is 5.91 Å². The standard InChI is InChI=1S/C23H24FN3O/c1-16-20-10-2-3-11-21(20)27(15-17-7-6-8-18(24)13-17)22(16)23(28)26-14-19-9-4-5-12-25-19/h4-9,12-13H,2-3,10-11,14-15H2,1H3,(H,26,28). The molecule has 0 saturated carbocycles. The van der Waals surface area contributed by atoms with E-state index in [1.165, 1.54) is 17.3 Å². The van der Waals surface area contributed by atoms with Crippen LogP contribution >= 0.6 is 0 Å². The number of nitrogens with zero attached hydrogens (tertiary/aromatic N) is 2. The van der Waals surface area contributed by atoms with Crippen molar-refractivity contribution in [2.24, 2.45) is 0 Å². The van der Waals surface area contributed by atoms with E-state index in [9.17, 15) is 9.18 Å². The van der Waals surface area contributed by atoms with Gasteiger partial charge >= 0.3 is 0 Å². The maximum absolute atomic E-state index is 13.7. The van der Waals surface area contributed by atoms with Crippen molar-refractivity contribution in [2.45, 2.75) is 45.7 Å². The number of pyridine rings is 1. The molecule has 0 spiro atoms. The number of hydrogen-bond donors (Lipinski definition) is 1. The second-order valence-electron chi connectivity index (χ2n) is 7.33. The molecule has 5 heteroatoms. The van der Waals surface area contributed by atoms with Gasteiger partial charge in [0.25, 0.3) is 5.91 Å². The minimum atomic E-state index is -0.253. The highest BCUT2D eigenvalue weighted by Gasteiger charge is 2.26. The number of amides is 1. The number of nitrogens with one attached hydrogen (secondary N) is 1. The molecule has 0 unspecified atom stereocenters. The summed E-state index contributed by atoms with van der Waals surface area (Å²) in [5, 5.41) is 3.01. The van der Waals surface area contributed by atoms with Gasteiger partial charge < -0.3 is 9.88 Å². The highest BCUT2D eigenvalue weighted by atomic mass is 19.1. The lowest BCUT2D eigenvalue weighted by Gasteiger charge is -2.17. The minimum Gasteiger partial charge on any atom is -0.345 e. The zero-order valence-corrected chi connectivity index (χ0v) is 16.0. The van der Waals surface area contributed by atoms with E-state index < -0.39 is 0 Å². The molecular formula is C23H24FN3O. The molecule has 1 aliphatic carbocycles. The van der Waals surface area contributed by atoms with E-state index in [-0.39, 0.29) is 11.7 Å². The summed E-state index contributed by atoms with van der Waals surface area (Å²) in [6, 6.07) is 12.3. The maximum Gasteiger partial charge on any atom is 0.268 e. The predicted molar refractivity (Wildman–Crippen MR) is 107 cm³/mol. The van der Waals surface area contributed by atoms with Gasteiger partial charge in [-0.05, 0) is 73.6 Å². The molecule has 4 nitrogen and oxygen atoms in total. The Bertz CT molecular complexity index is 995. The summed E-state index contributed by atoms with van der Waals surface area (Å²) in [5.41, 5.74) is 5.92. The van der Waals surface area contributed by atoms with Gasteiger partial charge in [-0.25, -0.2) is 4.39 Å². The summed E-state index contributed by atoms with van der Waals surface area (Å²) in [7, 11) is 0. The minimum absolute atomic E-state index is 0.103. The first kappa shape index (κ1) is 18.4. The van der Waals surface area contributed by atoms with Gasteiger partial charge in [-0.3, -0.25) is 9.78 Å². The fraction of sp³-hybridized carbons (Fsp3) is 0.304. The molecule has 0 atom stereocenters. The number of fused-ring (bicyclic) bond motifs is 1. The molecule has 1 aliphatic rings. The molecule has 1 amide bonds. The third kappa shape index (κ3) is 3.70. The average molecular weight is 377 g/mol. The molecule has 0 fully saturated rings. The van der Waals surface area contributed by atoms with Crippen molar-refractivity contribution < 1.29 is 9.18 Å². The normalized spacial score (nSPS) is 13.2. The molecule has 0 radical (unpaired) electrons. The third-order valence-corrected chi connectivity index (χ3v) is 5.44. The van der Waals surface area contributed by atoms with Crippen LogP contribution < -0.4 is 5.32 Å². The quantitative estimate of drug-likeness (QED) is 0.725. The molecule has 3 aromatic rings. The Morgan fingerprint density at radius 3 is 2.82 bits per heavy atom. The lowest BCUT2D eigenvalue weighted by atomic mass is 9.95. The van der Waals surface area contributed by atoms with Gasteiger partial charge in [-0.2, -0.15) is 0 Å². The zero-order valence-electron chi connectivity index (χ0n) is 16.0.